The summed E-state index contributed by atoms with van der Waals surface area (Å²) in [4.78, 5) is 14.9. The molecule has 2 unspecified atom stereocenters. The number of benzene rings is 1. The third kappa shape index (κ3) is 3.22. The highest BCUT2D eigenvalue weighted by molar-refractivity contribution is 5.79. The number of hydrogen-bond donors (Lipinski definition) is 0. The first-order valence-electron chi connectivity index (χ1n) is 8.20. The summed E-state index contributed by atoms with van der Waals surface area (Å²) in [5.74, 6) is 1.87. The van der Waals surface area contributed by atoms with Gasteiger partial charge in [-0.25, -0.2) is 0 Å². The molecule has 2 atom stereocenters. The van der Waals surface area contributed by atoms with Crippen LogP contribution in [0.2, 0.25) is 0 Å². The van der Waals surface area contributed by atoms with Gasteiger partial charge in [0.2, 0.25) is 5.91 Å². The summed E-state index contributed by atoms with van der Waals surface area (Å²) in [7, 11) is 1.66. The Bertz CT molecular complexity index is 498. The third-order valence-corrected chi connectivity index (χ3v) is 5.05. The number of carbonyl (C=O) groups excluding carboxylic acids is 1. The van der Waals surface area contributed by atoms with Gasteiger partial charge in [0.1, 0.15) is 5.75 Å². The number of amides is 1. The zero-order valence-corrected chi connectivity index (χ0v) is 12.9. The van der Waals surface area contributed by atoms with Crippen molar-refractivity contribution < 1.29 is 9.53 Å². The number of fused-ring (bicyclic) bond motifs is 1. The van der Waals surface area contributed by atoms with E-state index in [2.05, 4.69) is 4.90 Å². The summed E-state index contributed by atoms with van der Waals surface area (Å²) in [6.07, 6.45) is 8.13. The van der Waals surface area contributed by atoms with Crippen LogP contribution >= 0.6 is 0 Å². The normalized spacial score (nSPS) is 25.3. The second-order valence-electron chi connectivity index (χ2n) is 6.37. The summed E-state index contributed by atoms with van der Waals surface area (Å²) >= 11 is 0. The molecule has 0 N–H and O–H groups in total. The molecule has 1 heterocycles. The van der Waals surface area contributed by atoms with Crippen LogP contribution < -0.4 is 4.74 Å². The Kier molecular flexibility index (Phi) is 4.47. The van der Waals surface area contributed by atoms with Gasteiger partial charge in [-0.15, -0.1) is 0 Å². The van der Waals surface area contributed by atoms with Gasteiger partial charge in [-0.3, -0.25) is 4.79 Å². The lowest BCUT2D eigenvalue weighted by molar-refractivity contribution is -0.136. The molecule has 0 bridgehead atoms. The first-order valence-corrected chi connectivity index (χ1v) is 8.20. The predicted molar refractivity (Wildman–Crippen MR) is 83.4 cm³/mol. The van der Waals surface area contributed by atoms with Crippen LogP contribution in [0.15, 0.2) is 24.3 Å². The van der Waals surface area contributed by atoms with Gasteiger partial charge < -0.3 is 9.64 Å². The van der Waals surface area contributed by atoms with E-state index in [0.29, 0.717) is 18.4 Å². The number of nitrogens with zero attached hydrogens (tertiary/aromatic N) is 1. The lowest BCUT2D eigenvalue weighted by atomic mass is 9.78. The molecule has 21 heavy (non-hydrogen) atoms. The van der Waals surface area contributed by atoms with Gasteiger partial charge in [0.15, 0.2) is 0 Å². The van der Waals surface area contributed by atoms with E-state index in [-0.39, 0.29) is 0 Å². The maximum atomic E-state index is 12.7. The standard InChI is InChI=1S/C18H25NO2/c1-21-16-9-4-6-14(12-16)13-18(20)19-11-5-8-15-7-2-3-10-17(15)19/h4,6,9,12,15,17H,2-3,5,7-8,10-11,13H2,1H3. The number of rotatable bonds is 3. The van der Waals surface area contributed by atoms with Gasteiger partial charge in [-0.1, -0.05) is 25.0 Å². The SMILES string of the molecule is COc1cccc(CC(=O)N2CCCC3CCCCC32)c1. The number of methoxy groups -OCH3 is 1. The molecule has 3 nitrogen and oxygen atoms in total. The summed E-state index contributed by atoms with van der Waals surface area (Å²) in [5, 5.41) is 0. The molecule has 3 rings (SSSR count). The van der Waals surface area contributed by atoms with Gasteiger partial charge in [-0.2, -0.15) is 0 Å². The van der Waals surface area contributed by atoms with E-state index in [0.717, 1.165) is 23.8 Å². The van der Waals surface area contributed by atoms with E-state index < -0.39 is 0 Å². The number of piperidine rings is 1. The third-order valence-electron chi connectivity index (χ3n) is 5.05. The molecule has 1 saturated carbocycles. The van der Waals surface area contributed by atoms with Crippen LogP contribution in [-0.2, 0) is 11.2 Å². The van der Waals surface area contributed by atoms with Gasteiger partial charge in [0.25, 0.3) is 0 Å². The lowest BCUT2D eigenvalue weighted by Crippen LogP contribution is -2.50. The van der Waals surface area contributed by atoms with Gasteiger partial charge in [-0.05, 0) is 49.3 Å². The van der Waals surface area contributed by atoms with Crippen LogP contribution in [0.25, 0.3) is 0 Å². The smallest absolute Gasteiger partial charge is 0.227 e. The summed E-state index contributed by atoms with van der Waals surface area (Å²) in [5.41, 5.74) is 1.05. The maximum Gasteiger partial charge on any atom is 0.227 e. The lowest BCUT2D eigenvalue weighted by Gasteiger charge is -2.44. The summed E-state index contributed by atoms with van der Waals surface area (Å²) in [6.45, 7) is 0.948. The molecule has 1 aliphatic heterocycles. The predicted octanol–water partition coefficient (Wildman–Crippen LogP) is 3.42. The number of ether oxygens (including phenoxy) is 1. The Morgan fingerprint density at radius 1 is 1.24 bits per heavy atom. The Labute approximate surface area is 127 Å². The Morgan fingerprint density at radius 3 is 2.90 bits per heavy atom. The maximum absolute atomic E-state index is 12.7. The second-order valence-corrected chi connectivity index (χ2v) is 6.37. The number of likely N-dealkylation sites (tertiary alicyclic amines) is 1. The summed E-state index contributed by atoms with van der Waals surface area (Å²) in [6, 6.07) is 8.38. The molecule has 1 aliphatic carbocycles. The molecule has 0 aromatic heterocycles. The fraction of sp³-hybridized carbons (Fsp3) is 0.611. The Balaban J connectivity index is 1.68. The second kappa shape index (κ2) is 6.50. The van der Waals surface area contributed by atoms with Crippen LogP contribution in [0.3, 0.4) is 0 Å². The molecule has 3 heteroatoms. The van der Waals surface area contributed by atoms with Crippen molar-refractivity contribution in [2.75, 3.05) is 13.7 Å². The molecule has 2 aliphatic rings. The Morgan fingerprint density at radius 2 is 2.05 bits per heavy atom. The highest BCUT2D eigenvalue weighted by Crippen LogP contribution is 2.35. The molecule has 0 spiro atoms. The zero-order valence-electron chi connectivity index (χ0n) is 12.9. The molecule has 1 aromatic rings. The average Bonchev–Trinajstić information content (AvgIpc) is 2.54. The minimum atomic E-state index is 0.292. The molecule has 1 amide bonds. The van der Waals surface area contributed by atoms with Crippen LogP contribution in [0.1, 0.15) is 44.1 Å². The highest BCUT2D eigenvalue weighted by Gasteiger charge is 2.35. The average molecular weight is 287 g/mol. The van der Waals surface area contributed by atoms with E-state index in [1.807, 2.05) is 24.3 Å². The summed E-state index contributed by atoms with van der Waals surface area (Å²) < 4.78 is 5.24. The monoisotopic (exact) mass is 287 g/mol. The van der Waals surface area contributed by atoms with Crippen molar-refractivity contribution in [3.05, 3.63) is 29.8 Å². The van der Waals surface area contributed by atoms with Crippen LogP contribution in [-0.4, -0.2) is 30.5 Å². The minimum absolute atomic E-state index is 0.292. The van der Waals surface area contributed by atoms with E-state index in [1.165, 1.54) is 38.5 Å². The van der Waals surface area contributed by atoms with Crippen molar-refractivity contribution in [1.29, 1.82) is 0 Å². The van der Waals surface area contributed by atoms with Gasteiger partial charge in [0, 0.05) is 12.6 Å². The van der Waals surface area contributed by atoms with E-state index >= 15 is 0 Å². The molecule has 1 aromatic carbocycles. The minimum Gasteiger partial charge on any atom is -0.497 e. The number of hydrogen-bond acceptors (Lipinski definition) is 2. The topological polar surface area (TPSA) is 29.5 Å². The van der Waals surface area contributed by atoms with Crippen molar-refractivity contribution >= 4 is 5.91 Å². The molecular formula is C18H25NO2. The molecule has 114 valence electrons. The van der Waals surface area contributed by atoms with Crippen molar-refractivity contribution in [3.8, 4) is 5.75 Å². The van der Waals surface area contributed by atoms with Crippen LogP contribution in [0.4, 0.5) is 0 Å². The fourth-order valence-corrected chi connectivity index (χ4v) is 3.99. The van der Waals surface area contributed by atoms with Crippen molar-refractivity contribution in [2.45, 2.75) is 51.0 Å². The number of carbonyl (C=O) groups is 1. The highest BCUT2D eigenvalue weighted by atomic mass is 16.5. The van der Waals surface area contributed by atoms with Crippen molar-refractivity contribution in [3.63, 3.8) is 0 Å². The largest absolute Gasteiger partial charge is 0.497 e. The van der Waals surface area contributed by atoms with E-state index in [4.69, 9.17) is 4.74 Å². The van der Waals surface area contributed by atoms with E-state index in [9.17, 15) is 4.79 Å². The van der Waals surface area contributed by atoms with Crippen LogP contribution in [0, 0.1) is 5.92 Å². The van der Waals surface area contributed by atoms with Crippen molar-refractivity contribution in [1.82, 2.24) is 4.90 Å². The van der Waals surface area contributed by atoms with Crippen LogP contribution in [0.5, 0.6) is 5.75 Å². The first kappa shape index (κ1) is 14.4. The molecule has 2 fully saturated rings. The van der Waals surface area contributed by atoms with Gasteiger partial charge in [0.05, 0.1) is 13.5 Å². The Hall–Kier alpha value is -1.51. The fourth-order valence-electron chi connectivity index (χ4n) is 3.99. The molecule has 0 radical (unpaired) electrons. The first-order chi connectivity index (χ1) is 10.3. The zero-order chi connectivity index (χ0) is 14.7. The quantitative estimate of drug-likeness (QED) is 0.852. The van der Waals surface area contributed by atoms with Gasteiger partial charge >= 0.3 is 0 Å². The van der Waals surface area contributed by atoms with Crippen molar-refractivity contribution in [2.24, 2.45) is 5.92 Å². The molecular weight excluding hydrogens is 262 g/mol. The van der Waals surface area contributed by atoms with E-state index in [1.54, 1.807) is 7.11 Å². The molecule has 1 saturated heterocycles.